The number of likely N-dealkylation sites (tertiary alicyclic amines) is 1. The minimum Gasteiger partial charge on any atom is -0.445 e. The van der Waals surface area contributed by atoms with Crippen molar-refractivity contribution in [2.24, 2.45) is 11.8 Å². The van der Waals surface area contributed by atoms with E-state index in [2.05, 4.69) is 0 Å². The Hall–Kier alpha value is -2.24. The number of nitrogens with zero attached hydrogens (tertiary/aromatic N) is 2. The van der Waals surface area contributed by atoms with E-state index in [1.807, 2.05) is 63.1 Å². The zero-order chi connectivity index (χ0) is 19.6. The molecule has 2 atom stereocenters. The summed E-state index contributed by atoms with van der Waals surface area (Å²) in [6.45, 7) is 7.36. The molecule has 0 radical (unpaired) electrons. The molecule has 0 aromatic heterocycles. The van der Waals surface area contributed by atoms with Crippen molar-refractivity contribution >= 4 is 12.2 Å². The Balaban J connectivity index is 1.46. The maximum Gasteiger partial charge on any atom is 0.410 e. The van der Waals surface area contributed by atoms with Gasteiger partial charge in [-0.15, -0.1) is 0 Å². The van der Waals surface area contributed by atoms with E-state index in [0.717, 1.165) is 18.4 Å². The van der Waals surface area contributed by atoms with Gasteiger partial charge < -0.3 is 19.3 Å². The highest BCUT2D eigenvalue weighted by atomic mass is 16.6. The predicted octanol–water partition coefficient (Wildman–Crippen LogP) is 3.90. The van der Waals surface area contributed by atoms with Gasteiger partial charge in [-0.05, 0) is 51.0 Å². The van der Waals surface area contributed by atoms with Crippen LogP contribution in [0.4, 0.5) is 9.59 Å². The Morgan fingerprint density at radius 3 is 2.26 bits per heavy atom. The lowest BCUT2D eigenvalue weighted by atomic mass is 10.0. The van der Waals surface area contributed by atoms with E-state index in [9.17, 15) is 9.59 Å². The van der Waals surface area contributed by atoms with Crippen LogP contribution in [0.5, 0.6) is 0 Å². The highest BCUT2D eigenvalue weighted by Gasteiger charge is 2.45. The van der Waals surface area contributed by atoms with Crippen molar-refractivity contribution in [2.45, 2.75) is 51.9 Å². The molecule has 6 nitrogen and oxygen atoms in total. The highest BCUT2D eigenvalue weighted by molar-refractivity contribution is 5.69. The fourth-order valence-electron chi connectivity index (χ4n) is 4.03. The van der Waals surface area contributed by atoms with Crippen molar-refractivity contribution in [3.63, 3.8) is 0 Å². The number of hydrogen-bond donors (Lipinski definition) is 0. The van der Waals surface area contributed by atoms with Crippen molar-refractivity contribution in [3.05, 3.63) is 35.9 Å². The summed E-state index contributed by atoms with van der Waals surface area (Å²) in [5.41, 5.74) is 0.510. The molecule has 1 aromatic rings. The fourth-order valence-corrected chi connectivity index (χ4v) is 4.03. The summed E-state index contributed by atoms with van der Waals surface area (Å²) in [5, 5.41) is 0. The second-order valence-electron chi connectivity index (χ2n) is 8.68. The van der Waals surface area contributed by atoms with E-state index in [0.29, 0.717) is 24.9 Å². The Morgan fingerprint density at radius 1 is 1.11 bits per heavy atom. The zero-order valence-corrected chi connectivity index (χ0v) is 16.7. The quantitative estimate of drug-likeness (QED) is 0.805. The third-order valence-electron chi connectivity index (χ3n) is 5.42. The van der Waals surface area contributed by atoms with Gasteiger partial charge in [-0.25, -0.2) is 9.59 Å². The molecular formula is C21H30N2O4. The van der Waals surface area contributed by atoms with Crippen LogP contribution in [0, 0.1) is 11.8 Å². The molecule has 1 saturated heterocycles. The first kappa shape index (κ1) is 19.5. The standard InChI is InChI=1S/C21H30N2O4/c1-21(2,3)27-20(25)23-12-16-10-18(11-17(16)13-23)22(4)19(24)26-14-15-8-6-5-7-9-15/h5-9,16-18H,10-14H2,1-4H3. The average molecular weight is 374 g/mol. The maximum atomic E-state index is 12.4. The average Bonchev–Trinajstić information content (AvgIpc) is 3.17. The molecular weight excluding hydrogens is 344 g/mol. The SMILES string of the molecule is CN(C(=O)OCc1ccccc1)C1CC2CN(C(=O)OC(C)(C)C)CC2C1. The third-order valence-corrected chi connectivity index (χ3v) is 5.42. The van der Waals surface area contributed by atoms with Crippen molar-refractivity contribution in [3.8, 4) is 0 Å². The minimum atomic E-state index is -0.472. The molecule has 6 heteroatoms. The maximum absolute atomic E-state index is 12.4. The lowest BCUT2D eigenvalue weighted by Gasteiger charge is -2.27. The predicted molar refractivity (Wildman–Crippen MR) is 102 cm³/mol. The molecule has 1 saturated carbocycles. The molecule has 1 aromatic carbocycles. The summed E-state index contributed by atoms with van der Waals surface area (Å²) >= 11 is 0. The first-order valence-electron chi connectivity index (χ1n) is 9.64. The number of carbonyl (C=O) groups excluding carboxylic acids is 2. The summed E-state index contributed by atoms with van der Waals surface area (Å²) in [6.07, 6.45) is 1.29. The van der Waals surface area contributed by atoms with Gasteiger partial charge in [0.15, 0.2) is 0 Å². The van der Waals surface area contributed by atoms with Gasteiger partial charge in [0.2, 0.25) is 0 Å². The van der Waals surface area contributed by atoms with Gasteiger partial charge >= 0.3 is 12.2 Å². The van der Waals surface area contributed by atoms with E-state index in [-0.39, 0.29) is 24.8 Å². The Labute approximate surface area is 161 Å². The molecule has 27 heavy (non-hydrogen) atoms. The van der Waals surface area contributed by atoms with Crippen molar-refractivity contribution in [1.29, 1.82) is 0 Å². The zero-order valence-electron chi connectivity index (χ0n) is 16.7. The smallest absolute Gasteiger partial charge is 0.410 e. The van der Waals surface area contributed by atoms with E-state index in [1.54, 1.807) is 4.90 Å². The molecule has 0 bridgehead atoms. The third kappa shape index (κ3) is 4.93. The van der Waals surface area contributed by atoms with E-state index < -0.39 is 5.60 Å². The summed E-state index contributed by atoms with van der Waals surface area (Å²) in [6, 6.07) is 9.86. The van der Waals surface area contributed by atoms with Gasteiger partial charge in [-0.1, -0.05) is 30.3 Å². The van der Waals surface area contributed by atoms with Crippen molar-refractivity contribution in [2.75, 3.05) is 20.1 Å². The molecule has 1 aliphatic carbocycles. The topological polar surface area (TPSA) is 59.1 Å². The van der Waals surface area contributed by atoms with Crippen molar-refractivity contribution < 1.29 is 19.1 Å². The van der Waals surface area contributed by atoms with Gasteiger partial charge in [0.05, 0.1) is 0 Å². The molecule has 148 valence electrons. The van der Waals surface area contributed by atoms with Crippen LogP contribution in [0.15, 0.2) is 30.3 Å². The van der Waals surface area contributed by atoms with Gasteiger partial charge in [0.1, 0.15) is 12.2 Å². The normalized spacial score (nSPS) is 24.4. The molecule has 3 rings (SSSR count). The van der Waals surface area contributed by atoms with Gasteiger partial charge in [0.25, 0.3) is 0 Å². The van der Waals surface area contributed by atoms with Crippen LogP contribution in [0.1, 0.15) is 39.2 Å². The van der Waals surface area contributed by atoms with Crippen LogP contribution in [0.3, 0.4) is 0 Å². The lowest BCUT2D eigenvalue weighted by molar-refractivity contribution is 0.0272. The number of ether oxygens (including phenoxy) is 2. The molecule has 2 amide bonds. The number of carbonyl (C=O) groups is 2. The Morgan fingerprint density at radius 2 is 1.70 bits per heavy atom. The Bertz CT molecular complexity index is 657. The number of amides is 2. The van der Waals surface area contributed by atoms with Crippen molar-refractivity contribution in [1.82, 2.24) is 9.80 Å². The van der Waals surface area contributed by atoms with Gasteiger partial charge in [-0.3, -0.25) is 0 Å². The first-order valence-corrected chi connectivity index (χ1v) is 9.64. The second kappa shape index (κ2) is 7.79. The Kier molecular flexibility index (Phi) is 5.63. The number of rotatable bonds is 3. The number of fused-ring (bicyclic) bond motifs is 1. The summed E-state index contributed by atoms with van der Waals surface area (Å²) < 4.78 is 10.9. The van der Waals surface area contributed by atoms with Crippen LogP contribution in [0.25, 0.3) is 0 Å². The van der Waals surface area contributed by atoms with Crippen LogP contribution >= 0.6 is 0 Å². The van der Waals surface area contributed by atoms with Crippen LogP contribution in [-0.4, -0.2) is 53.8 Å². The fraction of sp³-hybridized carbons (Fsp3) is 0.619. The van der Waals surface area contributed by atoms with E-state index in [1.165, 1.54) is 0 Å². The molecule has 2 unspecified atom stereocenters. The van der Waals surface area contributed by atoms with Gasteiger partial charge in [0, 0.05) is 26.2 Å². The minimum absolute atomic E-state index is 0.170. The van der Waals surface area contributed by atoms with Gasteiger partial charge in [-0.2, -0.15) is 0 Å². The van der Waals surface area contributed by atoms with Crippen LogP contribution in [-0.2, 0) is 16.1 Å². The van der Waals surface area contributed by atoms with Crippen LogP contribution < -0.4 is 0 Å². The first-order chi connectivity index (χ1) is 12.7. The second-order valence-corrected chi connectivity index (χ2v) is 8.68. The van der Waals surface area contributed by atoms with E-state index >= 15 is 0 Å². The summed E-state index contributed by atoms with van der Waals surface area (Å²) in [4.78, 5) is 28.2. The molecule has 1 aliphatic heterocycles. The van der Waals surface area contributed by atoms with Crippen LogP contribution in [0.2, 0.25) is 0 Å². The largest absolute Gasteiger partial charge is 0.445 e. The van der Waals surface area contributed by atoms with E-state index in [4.69, 9.17) is 9.47 Å². The summed E-state index contributed by atoms with van der Waals surface area (Å²) in [5.74, 6) is 0.846. The molecule has 1 heterocycles. The lowest BCUT2D eigenvalue weighted by Crippen LogP contribution is -2.39. The summed E-state index contributed by atoms with van der Waals surface area (Å²) in [7, 11) is 1.81. The molecule has 0 N–H and O–H groups in total. The molecule has 2 aliphatic rings. The monoisotopic (exact) mass is 374 g/mol. The highest BCUT2D eigenvalue weighted by Crippen LogP contribution is 2.40. The molecule has 0 spiro atoms. The molecule has 2 fully saturated rings. The number of hydrogen-bond acceptors (Lipinski definition) is 4. The number of benzene rings is 1.